The van der Waals surface area contributed by atoms with E-state index in [2.05, 4.69) is 16.0 Å². The van der Waals surface area contributed by atoms with Crippen molar-refractivity contribution in [3.8, 4) is 11.5 Å². The number of rotatable bonds is 12. The highest BCUT2D eigenvalue weighted by atomic mass is 35.5. The van der Waals surface area contributed by atoms with Gasteiger partial charge in [0.1, 0.15) is 5.70 Å². The minimum Gasteiger partial charge on any atom is -0.493 e. The van der Waals surface area contributed by atoms with Crippen LogP contribution in [0.1, 0.15) is 34.8 Å². The van der Waals surface area contributed by atoms with Crippen molar-refractivity contribution in [2.24, 2.45) is 0 Å². The van der Waals surface area contributed by atoms with Crippen molar-refractivity contribution >= 4 is 58.5 Å². The first-order chi connectivity index (χ1) is 21.7. The Hall–Kier alpha value is -4.73. The summed E-state index contributed by atoms with van der Waals surface area (Å²) in [5.74, 6) is -0.264. The van der Waals surface area contributed by atoms with Crippen molar-refractivity contribution < 1.29 is 23.9 Å². The van der Waals surface area contributed by atoms with E-state index < -0.39 is 17.1 Å². The molecular formula is C35H34ClN3O5S. The predicted octanol–water partition coefficient (Wildman–Crippen LogP) is 7.58. The van der Waals surface area contributed by atoms with Gasteiger partial charge in [-0.1, -0.05) is 61.0 Å². The van der Waals surface area contributed by atoms with Gasteiger partial charge in [-0.15, -0.1) is 11.8 Å². The topological polar surface area (TPSA) is 106 Å². The predicted molar refractivity (Wildman–Crippen MR) is 181 cm³/mol. The first-order valence-corrected chi connectivity index (χ1v) is 15.4. The summed E-state index contributed by atoms with van der Waals surface area (Å²) in [7, 11) is 3.02. The molecule has 4 aromatic rings. The van der Waals surface area contributed by atoms with Crippen LogP contribution in [0.3, 0.4) is 0 Å². The van der Waals surface area contributed by atoms with Crippen molar-refractivity contribution in [2.45, 2.75) is 30.4 Å². The van der Waals surface area contributed by atoms with E-state index >= 15 is 0 Å². The van der Waals surface area contributed by atoms with E-state index in [-0.39, 0.29) is 11.6 Å². The van der Waals surface area contributed by atoms with Crippen LogP contribution in [0.5, 0.6) is 11.5 Å². The number of thioether (sulfide) groups is 1. The molecular weight excluding hydrogens is 610 g/mol. The number of ether oxygens (including phenoxy) is 2. The molecule has 4 aromatic carbocycles. The standard InChI is InChI=1S/C35H34ClN3O5S/c1-5-31(35(42)38-26-18-17-22(2)28(36)21-26)45-27-15-10-14-25(20-27)37-34(41)29(39-33(40)23-11-7-6-8-12-23)19-24-13-9-16-30(43-3)32(24)44-4/h6-21,31H,5H2,1-4H3,(H,37,41)(H,38,42)(H,39,40)/b29-19+. The van der Waals surface area contributed by atoms with Crippen LogP contribution in [-0.4, -0.2) is 37.2 Å². The molecule has 232 valence electrons. The van der Waals surface area contributed by atoms with Gasteiger partial charge in [-0.05, 0) is 73.5 Å². The SMILES string of the molecule is CCC(Sc1cccc(NC(=O)/C(=C\c2cccc(OC)c2OC)NC(=O)c2ccccc2)c1)C(=O)Nc1ccc(C)c(Cl)c1. The van der Waals surface area contributed by atoms with Gasteiger partial charge in [-0.3, -0.25) is 14.4 Å². The Labute approximate surface area is 272 Å². The molecule has 0 aliphatic rings. The number of hydrogen-bond donors (Lipinski definition) is 3. The fraction of sp³-hybridized carbons (Fsp3) is 0.171. The van der Waals surface area contributed by atoms with E-state index in [9.17, 15) is 14.4 Å². The number of carbonyl (C=O) groups is 3. The summed E-state index contributed by atoms with van der Waals surface area (Å²) < 4.78 is 10.9. The molecule has 0 radical (unpaired) electrons. The number of para-hydroxylation sites is 1. The molecule has 0 aromatic heterocycles. The lowest BCUT2D eigenvalue weighted by molar-refractivity contribution is -0.116. The molecule has 4 rings (SSSR count). The summed E-state index contributed by atoms with van der Waals surface area (Å²) in [4.78, 5) is 40.6. The molecule has 0 heterocycles. The highest BCUT2D eigenvalue weighted by Gasteiger charge is 2.20. The van der Waals surface area contributed by atoms with Gasteiger partial charge >= 0.3 is 0 Å². The van der Waals surface area contributed by atoms with Gasteiger partial charge in [0.25, 0.3) is 11.8 Å². The Balaban J connectivity index is 1.55. The molecule has 0 bridgehead atoms. The smallest absolute Gasteiger partial charge is 0.272 e. The average Bonchev–Trinajstić information content (AvgIpc) is 3.05. The summed E-state index contributed by atoms with van der Waals surface area (Å²) in [6, 6.07) is 26.4. The van der Waals surface area contributed by atoms with Crippen molar-refractivity contribution in [1.29, 1.82) is 0 Å². The van der Waals surface area contributed by atoms with Crippen LogP contribution in [0, 0.1) is 6.92 Å². The van der Waals surface area contributed by atoms with Crippen LogP contribution in [-0.2, 0) is 9.59 Å². The van der Waals surface area contributed by atoms with Crippen LogP contribution < -0.4 is 25.4 Å². The average molecular weight is 644 g/mol. The van der Waals surface area contributed by atoms with E-state index in [0.717, 1.165) is 10.5 Å². The second-order valence-corrected chi connectivity index (χ2v) is 11.6. The second kappa shape index (κ2) is 15.8. The normalized spacial score (nSPS) is 11.7. The zero-order chi connectivity index (χ0) is 32.3. The third kappa shape index (κ3) is 8.90. The van der Waals surface area contributed by atoms with Gasteiger partial charge in [0.2, 0.25) is 5.91 Å². The van der Waals surface area contributed by atoms with Crippen LogP contribution in [0.2, 0.25) is 5.02 Å². The van der Waals surface area contributed by atoms with Crippen LogP contribution in [0.25, 0.3) is 6.08 Å². The lowest BCUT2D eigenvalue weighted by Crippen LogP contribution is -2.30. The van der Waals surface area contributed by atoms with Crippen LogP contribution in [0.15, 0.2) is 102 Å². The molecule has 0 aliphatic carbocycles. The van der Waals surface area contributed by atoms with Gasteiger partial charge in [-0.2, -0.15) is 0 Å². The number of hydrogen-bond acceptors (Lipinski definition) is 6. The highest BCUT2D eigenvalue weighted by molar-refractivity contribution is 8.00. The largest absolute Gasteiger partial charge is 0.493 e. The Kier molecular flexibility index (Phi) is 11.7. The lowest BCUT2D eigenvalue weighted by Gasteiger charge is -2.16. The monoisotopic (exact) mass is 643 g/mol. The lowest BCUT2D eigenvalue weighted by atomic mass is 10.1. The first kappa shape index (κ1) is 33.2. The molecule has 0 spiro atoms. The van der Waals surface area contributed by atoms with E-state index in [1.807, 2.05) is 32.0 Å². The maximum atomic E-state index is 13.6. The molecule has 3 amide bonds. The molecule has 1 unspecified atom stereocenters. The number of benzene rings is 4. The summed E-state index contributed by atoms with van der Waals surface area (Å²) in [5, 5.41) is 8.73. The Morgan fingerprint density at radius 3 is 2.29 bits per heavy atom. The van der Waals surface area contributed by atoms with Gasteiger partial charge in [0.15, 0.2) is 11.5 Å². The van der Waals surface area contributed by atoms with Gasteiger partial charge in [0.05, 0.1) is 19.5 Å². The molecule has 0 aliphatic heterocycles. The van der Waals surface area contributed by atoms with Gasteiger partial charge < -0.3 is 25.4 Å². The summed E-state index contributed by atoms with van der Waals surface area (Å²) in [5.41, 5.74) is 2.96. The van der Waals surface area contributed by atoms with E-state index in [1.165, 1.54) is 32.1 Å². The molecule has 0 saturated carbocycles. The summed E-state index contributed by atoms with van der Waals surface area (Å²) in [6.07, 6.45) is 2.11. The number of halogens is 1. The maximum Gasteiger partial charge on any atom is 0.272 e. The minimum absolute atomic E-state index is 0.00367. The summed E-state index contributed by atoms with van der Waals surface area (Å²) in [6.45, 7) is 3.83. The highest BCUT2D eigenvalue weighted by Crippen LogP contribution is 2.33. The van der Waals surface area contributed by atoms with Gasteiger partial charge in [-0.25, -0.2) is 0 Å². The zero-order valence-electron chi connectivity index (χ0n) is 25.3. The minimum atomic E-state index is -0.549. The Morgan fingerprint density at radius 2 is 1.60 bits per heavy atom. The van der Waals surface area contributed by atoms with E-state index in [0.29, 0.717) is 45.4 Å². The van der Waals surface area contributed by atoms with Crippen LogP contribution >= 0.6 is 23.4 Å². The van der Waals surface area contributed by atoms with E-state index in [4.69, 9.17) is 21.1 Å². The first-order valence-electron chi connectivity index (χ1n) is 14.2. The number of aryl methyl sites for hydroxylation is 1. The number of amides is 3. The number of carbonyl (C=O) groups excluding carboxylic acids is 3. The van der Waals surface area contributed by atoms with E-state index in [1.54, 1.807) is 72.8 Å². The van der Waals surface area contributed by atoms with Crippen molar-refractivity contribution in [2.75, 3.05) is 24.9 Å². The zero-order valence-corrected chi connectivity index (χ0v) is 26.9. The maximum absolute atomic E-state index is 13.6. The fourth-order valence-electron chi connectivity index (χ4n) is 4.35. The van der Waals surface area contributed by atoms with Gasteiger partial charge in [0, 0.05) is 32.4 Å². The van der Waals surface area contributed by atoms with Crippen LogP contribution in [0.4, 0.5) is 11.4 Å². The number of nitrogens with one attached hydrogen (secondary N) is 3. The molecule has 0 saturated heterocycles. The second-order valence-electron chi connectivity index (χ2n) is 9.91. The molecule has 1 atom stereocenters. The third-order valence-electron chi connectivity index (χ3n) is 6.73. The summed E-state index contributed by atoms with van der Waals surface area (Å²) >= 11 is 7.61. The third-order valence-corrected chi connectivity index (χ3v) is 8.50. The molecule has 8 nitrogen and oxygen atoms in total. The quantitative estimate of drug-likeness (QED) is 0.109. The molecule has 0 fully saturated rings. The van der Waals surface area contributed by atoms with Crippen molar-refractivity contribution in [1.82, 2.24) is 5.32 Å². The molecule has 3 N–H and O–H groups in total. The van der Waals surface area contributed by atoms with Crippen molar-refractivity contribution in [3.63, 3.8) is 0 Å². The Bertz CT molecular complexity index is 1710. The van der Waals surface area contributed by atoms with Crippen molar-refractivity contribution in [3.05, 3.63) is 118 Å². The molecule has 10 heteroatoms. The molecule has 45 heavy (non-hydrogen) atoms. The fourth-order valence-corrected chi connectivity index (χ4v) is 5.54. The number of anilines is 2. The number of methoxy groups -OCH3 is 2. The Morgan fingerprint density at radius 1 is 0.867 bits per heavy atom.